The minimum atomic E-state index is -0.988. The third kappa shape index (κ3) is 13.4. The summed E-state index contributed by atoms with van der Waals surface area (Å²) >= 11 is 3.44. The largest absolute Gasteiger partial charge is 0.478 e. The monoisotopic (exact) mass is 994 g/mol. The maximum atomic E-state index is 12.8. The number of thiophene rings is 2. The van der Waals surface area contributed by atoms with E-state index in [2.05, 4.69) is 79.5 Å². The van der Waals surface area contributed by atoms with Crippen molar-refractivity contribution in [1.82, 2.24) is 30.0 Å². The molecule has 15 nitrogen and oxygen atoms in total. The minimum Gasteiger partial charge on any atom is -0.478 e. The third-order valence-electron chi connectivity index (χ3n) is 13.2. The number of carboxylic acid groups (broad SMARTS) is 1. The number of halogens is 2. The topological polar surface area (TPSA) is 179 Å². The second-order valence-corrected chi connectivity index (χ2v) is 20.0. The lowest BCUT2D eigenvalue weighted by molar-refractivity contribution is -0.140. The van der Waals surface area contributed by atoms with Crippen LogP contribution in [0.3, 0.4) is 0 Å². The SMILES string of the molecule is CN1CCC2(CC1)Cc1cc(/C=C/C(=O)N3CC(OCc4cccs4)C3)cnc1NC2=O.CN1CCC2(CC1)Cc1cc(/C=C/C(=O)O)cnc1NC2=O.Cl.Cl.c1csc(COC2CNC2)c1. The summed E-state index contributed by atoms with van der Waals surface area (Å²) in [6, 6.07) is 12.2. The number of pyridine rings is 2. The number of nitrogens with zero attached hydrogens (tertiary/aromatic N) is 5. The fraction of sp³-hybridized carbons (Fsp3) is 0.458. The highest BCUT2D eigenvalue weighted by Crippen LogP contribution is 2.42. The molecule has 0 bridgehead atoms. The Morgan fingerprint density at radius 2 is 1.21 bits per heavy atom. The predicted octanol–water partition coefficient (Wildman–Crippen LogP) is 6.26. The van der Waals surface area contributed by atoms with Crippen LogP contribution in [0.15, 0.2) is 71.7 Å². The van der Waals surface area contributed by atoms with Crippen molar-refractivity contribution in [3.8, 4) is 0 Å². The molecule has 0 saturated carbocycles. The second kappa shape index (κ2) is 23.6. The summed E-state index contributed by atoms with van der Waals surface area (Å²) in [4.78, 5) is 65.8. The van der Waals surface area contributed by atoms with Crippen LogP contribution in [0.2, 0.25) is 0 Å². The van der Waals surface area contributed by atoms with Crippen LogP contribution >= 0.6 is 47.5 Å². The van der Waals surface area contributed by atoms with Gasteiger partial charge in [-0.3, -0.25) is 14.4 Å². The van der Waals surface area contributed by atoms with Crippen LogP contribution in [0.4, 0.5) is 11.6 Å². The lowest BCUT2D eigenvalue weighted by atomic mass is 9.71. The molecule has 6 aliphatic rings. The van der Waals surface area contributed by atoms with E-state index < -0.39 is 5.97 Å². The van der Waals surface area contributed by atoms with Gasteiger partial charge >= 0.3 is 5.97 Å². The number of aliphatic carboxylic acids is 1. The molecule has 3 amide bonds. The summed E-state index contributed by atoms with van der Waals surface area (Å²) in [5, 5.41) is 21.9. The van der Waals surface area contributed by atoms with E-state index in [4.69, 9.17) is 14.6 Å². The number of carbonyl (C=O) groups excluding carboxylic acids is 3. The van der Waals surface area contributed by atoms with Gasteiger partial charge in [-0.05, 0) is 148 Å². The standard InChI is InChI=1S/C24H28N4O3S.C16H19N3O3.C8H11NOS.2ClH/c1-27-8-6-24(7-9-27)12-18-11-17(13-25-22(18)26-23(24)30)4-5-21(29)28-14-19(15-28)31-16-20-3-2-10-32-20;1-19-6-4-16(5-7-19)9-12-8-11(2-3-13(20)21)10-17-14(12)18-15(16)22;1-2-8(11-3-1)6-10-7-4-9-5-7;;/h2-5,10-11,13,19H,6-9,12,14-16H2,1H3,(H,25,26,30);2-3,8,10H,4-7,9H2,1H3,(H,20,21)(H,17,18,22);1-3,7,9H,4-6H2;2*1H/b5-4+;3-2+;;;. The molecule has 10 rings (SSSR count). The number of ether oxygens (including phenoxy) is 2. The van der Waals surface area contributed by atoms with Crippen LogP contribution in [-0.2, 0) is 54.7 Å². The Kier molecular flexibility index (Phi) is 18.3. The number of hydrogen-bond acceptors (Lipinski definition) is 13. The molecule has 4 aromatic heterocycles. The predicted molar refractivity (Wildman–Crippen MR) is 267 cm³/mol. The van der Waals surface area contributed by atoms with E-state index in [0.29, 0.717) is 50.3 Å². The number of carboxylic acids is 1. The van der Waals surface area contributed by atoms with Crippen LogP contribution in [0.1, 0.15) is 57.7 Å². The average molecular weight is 996 g/mol. The maximum Gasteiger partial charge on any atom is 0.328 e. The van der Waals surface area contributed by atoms with Crippen molar-refractivity contribution in [2.24, 2.45) is 10.8 Å². The number of amides is 3. The lowest BCUT2D eigenvalue weighted by Gasteiger charge is -2.42. The second-order valence-electron chi connectivity index (χ2n) is 17.9. The Labute approximate surface area is 412 Å². The van der Waals surface area contributed by atoms with E-state index in [1.807, 2.05) is 23.6 Å². The van der Waals surface area contributed by atoms with E-state index in [9.17, 15) is 19.2 Å². The summed E-state index contributed by atoms with van der Waals surface area (Å²) in [7, 11) is 4.16. The molecule has 4 saturated heterocycles. The summed E-state index contributed by atoms with van der Waals surface area (Å²) in [6.07, 6.45) is 14.6. The molecule has 19 heteroatoms. The van der Waals surface area contributed by atoms with Crippen LogP contribution in [0.5, 0.6) is 0 Å². The van der Waals surface area contributed by atoms with E-state index in [1.54, 1.807) is 46.0 Å². The van der Waals surface area contributed by atoms with E-state index in [0.717, 1.165) is 99.9 Å². The number of likely N-dealkylation sites (tertiary alicyclic amines) is 3. The van der Waals surface area contributed by atoms with Crippen LogP contribution in [0.25, 0.3) is 12.2 Å². The van der Waals surface area contributed by atoms with Gasteiger partial charge in [0.1, 0.15) is 11.6 Å². The van der Waals surface area contributed by atoms with Gasteiger partial charge in [-0.2, -0.15) is 0 Å². The number of nitrogens with one attached hydrogen (secondary N) is 3. The van der Waals surface area contributed by atoms with E-state index >= 15 is 0 Å². The van der Waals surface area contributed by atoms with Gasteiger partial charge in [0.15, 0.2) is 0 Å². The molecular weight excluding hydrogens is 936 g/mol. The first-order valence-corrected chi connectivity index (χ1v) is 24.0. The first-order valence-electron chi connectivity index (χ1n) is 22.3. The van der Waals surface area contributed by atoms with Gasteiger partial charge in [0.05, 0.1) is 36.3 Å². The van der Waals surface area contributed by atoms with Crippen LogP contribution in [-0.4, -0.2) is 132 Å². The lowest BCUT2D eigenvalue weighted by Crippen LogP contribution is -2.54. The molecule has 360 valence electrons. The number of hydrogen-bond donors (Lipinski definition) is 4. The zero-order valence-corrected chi connectivity index (χ0v) is 41.1. The van der Waals surface area contributed by atoms with E-state index in [1.165, 1.54) is 15.8 Å². The molecule has 4 aromatic rings. The number of rotatable bonds is 10. The van der Waals surface area contributed by atoms with Crippen molar-refractivity contribution in [2.75, 3.05) is 77.1 Å². The zero-order valence-electron chi connectivity index (χ0n) is 37.8. The van der Waals surface area contributed by atoms with Gasteiger partial charge < -0.3 is 45.2 Å². The summed E-state index contributed by atoms with van der Waals surface area (Å²) in [6.45, 7) is 8.36. The van der Waals surface area contributed by atoms with Crippen LogP contribution < -0.4 is 16.0 Å². The van der Waals surface area contributed by atoms with Gasteiger partial charge in [-0.15, -0.1) is 47.5 Å². The molecule has 4 N–H and O–H groups in total. The van der Waals surface area contributed by atoms with Crippen molar-refractivity contribution in [3.63, 3.8) is 0 Å². The molecular formula is C48H60Cl2N8O7S2. The molecule has 67 heavy (non-hydrogen) atoms. The molecule has 10 heterocycles. The van der Waals surface area contributed by atoms with Crippen molar-refractivity contribution in [3.05, 3.63) is 104 Å². The number of anilines is 2. The molecule has 0 radical (unpaired) electrons. The molecule has 0 aliphatic carbocycles. The van der Waals surface area contributed by atoms with Gasteiger partial charge in [0, 0.05) is 60.5 Å². The molecule has 4 fully saturated rings. The summed E-state index contributed by atoms with van der Waals surface area (Å²) in [5.74, 6) is 0.405. The highest BCUT2D eigenvalue weighted by molar-refractivity contribution is 7.10. The van der Waals surface area contributed by atoms with Crippen LogP contribution in [0, 0.1) is 10.8 Å². The fourth-order valence-electron chi connectivity index (χ4n) is 8.74. The Balaban J connectivity index is 0.000000183. The zero-order chi connectivity index (χ0) is 45.4. The van der Waals surface area contributed by atoms with Gasteiger partial charge in [-0.1, -0.05) is 12.1 Å². The van der Waals surface area contributed by atoms with Gasteiger partial charge in [-0.25, -0.2) is 14.8 Å². The number of carbonyl (C=O) groups is 4. The third-order valence-corrected chi connectivity index (χ3v) is 14.9. The quantitative estimate of drug-likeness (QED) is 0.132. The fourth-order valence-corrected chi connectivity index (χ4v) is 9.99. The van der Waals surface area contributed by atoms with Gasteiger partial charge in [0.25, 0.3) is 0 Å². The summed E-state index contributed by atoms with van der Waals surface area (Å²) in [5.41, 5.74) is 2.96. The number of fused-ring (bicyclic) bond motifs is 2. The number of aromatic nitrogens is 2. The molecule has 0 unspecified atom stereocenters. The normalized spacial score (nSPS) is 19.8. The van der Waals surface area contributed by atoms with Crippen molar-refractivity contribution < 1.29 is 33.8 Å². The minimum absolute atomic E-state index is 0. The highest BCUT2D eigenvalue weighted by Gasteiger charge is 2.45. The number of piperidine rings is 2. The Morgan fingerprint density at radius 3 is 1.63 bits per heavy atom. The highest BCUT2D eigenvalue weighted by atomic mass is 35.5. The van der Waals surface area contributed by atoms with Gasteiger partial charge in [0.2, 0.25) is 17.7 Å². The molecule has 0 atom stereocenters. The smallest absolute Gasteiger partial charge is 0.328 e. The van der Waals surface area contributed by atoms with Crippen molar-refractivity contribution >= 4 is 95.0 Å². The Bertz CT molecular complexity index is 2360. The van der Waals surface area contributed by atoms with Crippen molar-refractivity contribution in [1.29, 1.82) is 0 Å². The maximum absolute atomic E-state index is 12.8. The van der Waals surface area contributed by atoms with Crippen molar-refractivity contribution in [2.45, 2.75) is 63.9 Å². The summed E-state index contributed by atoms with van der Waals surface area (Å²) < 4.78 is 11.4. The first kappa shape index (κ1) is 51.8. The Morgan fingerprint density at radius 1 is 0.746 bits per heavy atom. The molecule has 6 aliphatic heterocycles. The molecule has 0 aromatic carbocycles. The average Bonchev–Trinajstić information content (AvgIpc) is 4.00. The van der Waals surface area contributed by atoms with E-state index in [-0.39, 0.29) is 59.5 Å². The Hall–Kier alpha value is -4.56. The first-order chi connectivity index (χ1) is 31.4. The molecule has 2 spiro atoms.